The number of carbonyl (C=O) groups excluding carboxylic acids is 1. The summed E-state index contributed by atoms with van der Waals surface area (Å²) in [5, 5.41) is 8.32. The Morgan fingerprint density at radius 1 is 0.971 bits per heavy atom. The molecular formula is C27H23ClN4O2. The highest BCUT2D eigenvalue weighted by molar-refractivity contribution is 6.31. The van der Waals surface area contributed by atoms with Crippen LogP contribution >= 0.6 is 11.6 Å². The van der Waals surface area contributed by atoms with Crippen molar-refractivity contribution in [2.24, 2.45) is 0 Å². The summed E-state index contributed by atoms with van der Waals surface area (Å²) in [5.74, 6) is 6.81. The van der Waals surface area contributed by atoms with Crippen LogP contribution in [0.3, 0.4) is 0 Å². The average Bonchev–Trinajstić information content (AvgIpc) is 3.27. The molecule has 0 bridgehead atoms. The van der Waals surface area contributed by atoms with Crippen LogP contribution in [-0.4, -0.2) is 47.2 Å². The minimum atomic E-state index is -0.157. The van der Waals surface area contributed by atoms with Gasteiger partial charge in [-0.3, -0.25) is 10.2 Å². The van der Waals surface area contributed by atoms with Crippen molar-refractivity contribution in [2.75, 3.05) is 31.5 Å². The molecule has 0 spiro atoms. The molecule has 5 rings (SSSR count). The molecule has 4 aromatic rings. The summed E-state index contributed by atoms with van der Waals surface area (Å²) in [5.41, 5.74) is 3.62. The Labute approximate surface area is 203 Å². The quantitative estimate of drug-likeness (QED) is 0.416. The van der Waals surface area contributed by atoms with E-state index in [-0.39, 0.29) is 6.03 Å². The number of nitrogens with zero attached hydrogens (tertiary/aromatic N) is 3. The minimum absolute atomic E-state index is 0.157. The van der Waals surface area contributed by atoms with E-state index in [1.54, 1.807) is 0 Å². The van der Waals surface area contributed by atoms with Crippen LogP contribution in [0.4, 0.5) is 10.6 Å². The summed E-state index contributed by atoms with van der Waals surface area (Å²) in [6.45, 7) is 3.69. The van der Waals surface area contributed by atoms with Gasteiger partial charge in [0.1, 0.15) is 0 Å². The van der Waals surface area contributed by atoms with Crippen molar-refractivity contribution in [1.29, 1.82) is 0 Å². The molecule has 2 heterocycles. The Bertz CT molecular complexity index is 1380. The van der Waals surface area contributed by atoms with E-state index in [0.717, 1.165) is 36.1 Å². The fourth-order valence-corrected chi connectivity index (χ4v) is 4.16. The molecule has 0 atom stereocenters. The largest absolute Gasteiger partial charge is 0.354 e. The molecule has 0 aliphatic carbocycles. The van der Waals surface area contributed by atoms with E-state index >= 15 is 0 Å². The van der Waals surface area contributed by atoms with Crippen LogP contribution in [0.15, 0.2) is 77.3 Å². The van der Waals surface area contributed by atoms with Crippen LogP contribution in [0.1, 0.15) is 16.7 Å². The Kier molecular flexibility index (Phi) is 6.48. The number of benzene rings is 3. The van der Waals surface area contributed by atoms with Gasteiger partial charge in [0, 0.05) is 43.9 Å². The normalized spacial score (nSPS) is 14.0. The fourth-order valence-electron chi connectivity index (χ4n) is 3.97. The van der Waals surface area contributed by atoms with Gasteiger partial charge in [0.05, 0.1) is 10.4 Å². The van der Waals surface area contributed by atoms with Crippen LogP contribution in [0.5, 0.6) is 0 Å². The third-order valence-electron chi connectivity index (χ3n) is 5.81. The lowest BCUT2D eigenvalue weighted by molar-refractivity contribution is 0.143. The number of halogens is 1. The van der Waals surface area contributed by atoms with Gasteiger partial charge >= 0.3 is 6.03 Å². The zero-order valence-electron chi connectivity index (χ0n) is 18.5. The number of rotatable bonds is 3. The molecule has 1 N–H and O–H groups in total. The molecule has 7 heteroatoms. The molecule has 0 saturated carbocycles. The Hall–Kier alpha value is -3.79. The zero-order valence-corrected chi connectivity index (χ0v) is 19.3. The molecule has 170 valence electrons. The van der Waals surface area contributed by atoms with Gasteiger partial charge in [0.25, 0.3) is 0 Å². The first-order chi connectivity index (χ1) is 16.7. The van der Waals surface area contributed by atoms with E-state index in [0.29, 0.717) is 29.5 Å². The van der Waals surface area contributed by atoms with Crippen molar-refractivity contribution in [3.05, 3.63) is 94.5 Å². The molecule has 0 radical (unpaired) electrons. The molecular weight excluding hydrogens is 448 g/mol. The van der Waals surface area contributed by atoms with E-state index in [1.807, 2.05) is 65.6 Å². The third kappa shape index (κ3) is 5.07. The fraction of sp³-hybridized carbons (Fsp3) is 0.185. The Morgan fingerprint density at radius 3 is 2.62 bits per heavy atom. The lowest BCUT2D eigenvalue weighted by atomic mass is 10.1. The molecule has 1 aliphatic rings. The average molecular weight is 471 g/mol. The summed E-state index contributed by atoms with van der Waals surface area (Å²) in [4.78, 5) is 16.9. The molecule has 34 heavy (non-hydrogen) atoms. The SMILES string of the molecule is O=C(Nc1noc2ccccc12)N1CCN(Cc2cccc(C#Cc3ccccc3Cl)c2)CC1. The van der Waals surface area contributed by atoms with Crippen LogP contribution in [0.25, 0.3) is 11.0 Å². The Balaban J connectivity index is 1.16. The van der Waals surface area contributed by atoms with Gasteiger partial charge in [0.15, 0.2) is 11.4 Å². The van der Waals surface area contributed by atoms with Gasteiger partial charge in [-0.05, 0) is 42.0 Å². The number of anilines is 1. The predicted molar refractivity (Wildman–Crippen MR) is 134 cm³/mol. The predicted octanol–water partition coefficient (Wildman–Crippen LogP) is 5.23. The van der Waals surface area contributed by atoms with E-state index in [9.17, 15) is 4.79 Å². The number of nitrogens with one attached hydrogen (secondary N) is 1. The first-order valence-corrected chi connectivity index (χ1v) is 11.5. The number of amides is 2. The standard InChI is InChI=1S/C27H23ClN4O2/c28-24-10-3-1-8-22(24)13-12-20-6-5-7-21(18-20)19-31-14-16-32(17-15-31)27(33)29-26-23-9-2-4-11-25(23)34-30-26/h1-11,18H,14-17,19H2,(H,29,30,33). The summed E-state index contributed by atoms with van der Waals surface area (Å²) in [6, 6.07) is 23.2. The molecule has 2 amide bonds. The van der Waals surface area contributed by atoms with Gasteiger partial charge in [0.2, 0.25) is 0 Å². The van der Waals surface area contributed by atoms with E-state index in [2.05, 4.69) is 39.3 Å². The van der Waals surface area contributed by atoms with E-state index in [1.165, 1.54) is 5.56 Å². The van der Waals surface area contributed by atoms with Crippen LogP contribution in [-0.2, 0) is 6.54 Å². The van der Waals surface area contributed by atoms with Crippen LogP contribution in [0.2, 0.25) is 5.02 Å². The maximum absolute atomic E-state index is 12.7. The first kappa shape index (κ1) is 22.0. The van der Waals surface area contributed by atoms with Crippen molar-refractivity contribution >= 4 is 34.4 Å². The zero-order chi connectivity index (χ0) is 23.3. The van der Waals surface area contributed by atoms with Crippen molar-refractivity contribution in [3.63, 3.8) is 0 Å². The van der Waals surface area contributed by atoms with Crippen molar-refractivity contribution in [1.82, 2.24) is 15.0 Å². The molecule has 1 saturated heterocycles. The number of carbonyl (C=O) groups is 1. The third-order valence-corrected chi connectivity index (χ3v) is 6.14. The first-order valence-electron chi connectivity index (χ1n) is 11.1. The van der Waals surface area contributed by atoms with Crippen molar-refractivity contribution in [3.8, 4) is 11.8 Å². The van der Waals surface area contributed by atoms with Crippen LogP contribution < -0.4 is 5.32 Å². The van der Waals surface area contributed by atoms with Gasteiger partial charge in [-0.15, -0.1) is 0 Å². The number of urea groups is 1. The molecule has 3 aromatic carbocycles. The summed E-state index contributed by atoms with van der Waals surface area (Å²) < 4.78 is 5.27. The van der Waals surface area contributed by atoms with Gasteiger partial charge < -0.3 is 9.42 Å². The Morgan fingerprint density at radius 2 is 1.76 bits per heavy atom. The van der Waals surface area contributed by atoms with Crippen molar-refractivity contribution in [2.45, 2.75) is 6.54 Å². The minimum Gasteiger partial charge on any atom is -0.354 e. The van der Waals surface area contributed by atoms with Gasteiger partial charge in [-0.25, -0.2) is 4.79 Å². The molecule has 6 nitrogen and oxygen atoms in total. The second kappa shape index (κ2) is 10.0. The van der Waals surface area contributed by atoms with Crippen molar-refractivity contribution < 1.29 is 9.32 Å². The summed E-state index contributed by atoms with van der Waals surface area (Å²) in [6.07, 6.45) is 0. The van der Waals surface area contributed by atoms with Crippen LogP contribution in [0, 0.1) is 11.8 Å². The number of aromatic nitrogens is 1. The van der Waals surface area contributed by atoms with E-state index in [4.69, 9.17) is 16.1 Å². The molecule has 1 aliphatic heterocycles. The highest BCUT2D eigenvalue weighted by Gasteiger charge is 2.22. The number of hydrogen-bond acceptors (Lipinski definition) is 4. The lowest BCUT2D eigenvalue weighted by Crippen LogP contribution is -2.49. The summed E-state index contributed by atoms with van der Waals surface area (Å²) >= 11 is 6.20. The number of hydrogen-bond donors (Lipinski definition) is 1. The molecule has 0 unspecified atom stereocenters. The maximum Gasteiger partial charge on any atom is 0.323 e. The number of para-hydroxylation sites is 1. The van der Waals surface area contributed by atoms with E-state index < -0.39 is 0 Å². The number of fused-ring (bicyclic) bond motifs is 1. The second-order valence-corrected chi connectivity index (χ2v) is 8.56. The summed E-state index contributed by atoms with van der Waals surface area (Å²) in [7, 11) is 0. The smallest absolute Gasteiger partial charge is 0.323 e. The molecule has 1 aromatic heterocycles. The second-order valence-electron chi connectivity index (χ2n) is 8.15. The van der Waals surface area contributed by atoms with Gasteiger partial charge in [-0.2, -0.15) is 0 Å². The topological polar surface area (TPSA) is 61.6 Å². The highest BCUT2D eigenvalue weighted by atomic mass is 35.5. The monoisotopic (exact) mass is 470 g/mol. The molecule has 1 fully saturated rings. The highest BCUT2D eigenvalue weighted by Crippen LogP contribution is 2.22. The van der Waals surface area contributed by atoms with Gasteiger partial charge in [-0.1, -0.05) is 65.0 Å². The number of piperazine rings is 1. The lowest BCUT2D eigenvalue weighted by Gasteiger charge is -2.34. The maximum atomic E-state index is 12.7.